The van der Waals surface area contributed by atoms with Crippen LogP contribution in [0.3, 0.4) is 0 Å². The van der Waals surface area contributed by atoms with E-state index in [-0.39, 0.29) is 23.0 Å². The average Bonchev–Trinajstić information content (AvgIpc) is 2.25. The largest absolute Gasteiger partial charge is 0.444 e. The molecule has 0 fully saturated rings. The predicted octanol–water partition coefficient (Wildman–Crippen LogP) is 3.02. The Kier molecular flexibility index (Phi) is 3.64. The first-order chi connectivity index (χ1) is 9.25. The van der Waals surface area contributed by atoms with Gasteiger partial charge in [-0.25, -0.2) is 0 Å². The van der Waals surface area contributed by atoms with E-state index in [1.807, 2.05) is 0 Å². The predicted molar refractivity (Wildman–Crippen MR) is 75.9 cm³/mol. The Labute approximate surface area is 120 Å². The third-order valence-corrected chi connectivity index (χ3v) is 3.90. The van der Waals surface area contributed by atoms with Gasteiger partial charge in [-0.3, -0.25) is 4.79 Å². The summed E-state index contributed by atoms with van der Waals surface area (Å²) in [6, 6.07) is 2.13. The molecule has 1 aliphatic carbocycles. The molecule has 0 aromatic heterocycles. The summed E-state index contributed by atoms with van der Waals surface area (Å²) in [5.41, 5.74) is 6.87. The minimum atomic E-state index is -0.202. The van der Waals surface area contributed by atoms with Crippen LogP contribution in [-0.2, 0) is 9.53 Å². The third-order valence-electron chi connectivity index (χ3n) is 3.90. The molecule has 0 spiro atoms. The number of nitrogens with zero attached hydrogens (tertiary/aromatic N) is 1. The smallest absolute Gasteiger partial charge is 0.204 e. The first-order valence-corrected chi connectivity index (χ1v) is 7.09. The summed E-state index contributed by atoms with van der Waals surface area (Å²) in [6.45, 7) is 8.26. The fourth-order valence-corrected chi connectivity index (χ4v) is 3.10. The van der Waals surface area contributed by atoms with Crippen molar-refractivity contribution >= 4 is 5.78 Å². The maximum absolute atomic E-state index is 12.5. The Bertz CT molecular complexity index is 547. The van der Waals surface area contributed by atoms with Gasteiger partial charge in [0.2, 0.25) is 5.88 Å². The number of ketones is 1. The summed E-state index contributed by atoms with van der Waals surface area (Å²) in [5.74, 6) is 1.12. The van der Waals surface area contributed by atoms with Gasteiger partial charge < -0.3 is 10.5 Å². The van der Waals surface area contributed by atoms with Gasteiger partial charge in [-0.05, 0) is 17.8 Å². The number of nitriles is 1. The number of ether oxygens (including phenoxy) is 1. The molecule has 1 atom stereocenters. The van der Waals surface area contributed by atoms with Gasteiger partial charge in [0.05, 0.1) is 5.57 Å². The summed E-state index contributed by atoms with van der Waals surface area (Å²) in [4.78, 5) is 12.5. The highest BCUT2D eigenvalue weighted by Gasteiger charge is 2.42. The number of allylic oxidation sites excluding steroid dienone is 3. The molecular weight excluding hydrogens is 252 g/mol. The number of hydrogen-bond donors (Lipinski definition) is 1. The van der Waals surface area contributed by atoms with E-state index in [2.05, 4.69) is 33.8 Å². The molecule has 0 saturated carbocycles. The topological polar surface area (TPSA) is 76.1 Å². The first kappa shape index (κ1) is 14.6. The highest BCUT2D eigenvalue weighted by Crippen LogP contribution is 2.45. The molecule has 2 N–H and O–H groups in total. The summed E-state index contributed by atoms with van der Waals surface area (Å²) < 4.78 is 5.61. The number of carbonyl (C=O) groups is 1. The average molecular weight is 274 g/mol. The van der Waals surface area contributed by atoms with E-state index >= 15 is 0 Å². The van der Waals surface area contributed by atoms with E-state index in [1.165, 1.54) is 0 Å². The van der Waals surface area contributed by atoms with Crippen LogP contribution in [0.4, 0.5) is 0 Å². The van der Waals surface area contributed by atoms with Crippen molar-refractivity contribution in [3.63, 3.8) is 0 Å². The van der Waals surface area contributed by atoms with E-state index in [4.69, 9.17) is 10.5 Å². The zero-order valence-electron chi connectivity index (χ0n) is 12.6. The Morgan fingerprint density at radius 3 is 2.65 bits per heavy atom. The van der Waals surface area contributed by atoms with E-state index in [1.54, 1.807) is 0 Å². The second-order valence-electron chi connectivity index (χ2n) is 6.95. The van der Waals surface area contributed by atoms with Crippen LogP contribution < -0.4 is 5.73 Å². The molecule has 2 rings (SSSR count). The van der Waals surface area contributed by atoms with Crippen molar-refractivity contribution in [1.82, 2.24) is 0 Å². The van der Waals surface area contributed by atoms with Gasteiger partial charge in [0, 0.05) is 24.3 Å². The van der Waals surface area contributed by atoms with Crippen molar-refractivity contribution in [1.29, 1.82) is 5.26 Å². The van der Waals surface area contributed by atoms with E-state index in [0.29, 0.717) is 35.7 Å². The van der Waals surface area contributed by atoms with Gasteiger partial charge in [0.15, 0.2) is 5.78 Å². The molecule has 0 amide bonds. The first-order valence-electron chi connectivity index (χ1n) is 7.09. The second kappa shape index (κ2) is 4.97. The number of nitrogens with two attached hydrogens (primary N) is 1. The Morgan fingerprint density at radius 2 is 2.10 bits per heavy atom. The molecule has 0 unspecified atom stereocenters. The fourth-order valence-electron chi connectivity index (χ4n) is 3.10. The highest BCUT2D eigenvalue weighted by atomic mass is 16.5. The van der Waals surface area contributed by atoms with Gasteiger partial charge in [-0.1, -0.05) is 27.7 Å². The fraction of sp³-hybridized carbons (Fsp3) is 0.625. The second-order valence-corrected chi connectivity index (χ2v) is 6.95. The van der Waals surface area contributed by atoms with E-state index in [9.17, 15) is 10.1 Å². The Hall–Kier alpha value is -1.76. The molecule has 0 saturated heterocycles. The zero-order valence-corrected chi connectivity index (χ0v) is 12.6. The van der Waals surface area contributed by atoms with Crippen LogP contribution in [0.2, 0.25) is 0 Å². The SMILES string of the molecule is CC(C)C[C@H]1C(C#N)=C(N)OC2=C1C(=O)CC(C)(C)C2. The molecule has 1 heterocycles. The van der Waals surface area contributed by atoms with E-state index < -0.39 is 0 Å². The van der Waals surface area contributed by atoms with Gasteiger partial charge in [-0.15, -0.1) is 0 Å². The Balaban J connectivity index is 2.48. The molecule has 0 aromatic carbocycles. The highest BCUT2D eigenvalue weighted by molar-refractivity contribution is 5.98. The maximum atomic E-state index is 12.5. The van der Waals surface area contributed by atoms with Gasteiger partial charge in [-0.2, -0.15) is 5.26 Å². The van der Waals surface area contributed by atoms with Crippen LogP contribution in [0.1, 0.15) is 47.0 Å². The molecular formula is C16H22N2O2. The lowest BCUT2D eigenvalue weighted by Gasteiger charge is -2.37. The molecule has 20 heavy (non-hydrogen) atoms. The molecule has 4 nitrogen and oxygen atoms in total. The van der Waals surface area contributed by atoms with Crippen molar-refractivity contribution in [3.05, 3.63) is 22.8 Å². The standard InChI is InChI=1S/C16H22N2O2/c1-9(2)5-10-11(8-17)15(18)20-13-7-16(3,4)6-12(19)14(10)13/h9-10H,5-7,18H2,1-4H3/t10-/m0/s1. The number of Topliss-reactive ketones (excluding diaryl/α,β-unsaturated/α-hetero) is 1. The third kappa shape index (κ3) is 2.58. The molecule has 2 aliphatic rings. The number of rotatable bonds is 2. The van der Waals surface area contributed by atoms with Gasteiger partial charge in [0.1, 0.15) is 11.8 Å². The normalized spacial score (nSPS) is 25.4. The molecule has 0 radical (unpaired) electrons. The minimum absolute atomic E-state index is 0.0992. The van der Waals surface area contributed by atoms with E-state index in [0.717, 1.165) is 6.42 Å². The lowest BCUT2D eigenvalue weighted by molar-refractivity contribution is -0.119. The van der Waals surface area contributed by atoms with Crippen molar-refractivity contribution < 1.29 is 9.53 Å². The van der Waals surface area contributed by atoms with Gasteiger partial charge in [0.25, 0.3) is 0 Å². The quantitative estimate of drug-likeness (QED) is 0.839. The van der Waals surface area contributed by atoms with Crippen molar-refractivity contribution in [2.24, 2.45) is 23.0 Å². The zero-order chi connectivity index (χ0) is 15.1. The van der Waals surface area contributed by atoms with Crippen molar-refractivity contribution in [2.45, 2.75) is 47.0 Å². The van der Waals surface area contributed by atoms with Crippen LogP contribution in [0, 0.1) is 28.6 Å². The summed E-state index contributed by atoms with van der Waals surface area (Å²) in [5, 5.41) is 9.32. The Morgan fingerprint density at radius 1 is 1.45 bits per heavy atom. The lowest BCUT2D eigenvalue weighted by Crippen LogP contribution is -2.34. The molecule has 1 aliphatic heterocycles. The number of carbonyl (C=O) groups excluding carboxylic acids is 1. The van der Waals surface area contributed by atoms with Crippen molar-refractivity contribution in [2.75, 3.05) is 0 Å². The lowest BCUT2D eigenvalue weighted by atomic mass is 9.70. The van der Waals surface area contributed by atoms with Gasteiger partial charge >= 0.3 is 0 Å². The summed E-state index contributed by atoms with van der Waals surface area (Å²) in [7, 11) is 0. The maximum Gasteiger partial charge on any atom is 0.204 e. The number of hydrogen-bond acceptors (Lipinski definition) is 4. The molecule has 0 bridgehead atoms. The van der Waals surface area contributed by atoms with Crippen LogP contribution >= 0.6 is 0 Å². The van der Waals surface area contributed by atoms with Crippen LogP contribution in [0.25, 0.3) is 0 Å². The van der Waals surface area contributed by atoms with Crippen LogP contribution in [0.5, 0.6) is 0 Å². The minimum Gasteiger partial charge on any atom is -0.444 e. The van der Waals surface area contributed by atoms with Crippen LogP contribution in [0.15, 0.2) is 22.8 Å². The summed E-state index contributed by atoms with van der Waals surface area (Å²) in [6.07, 6.45) is 1.95. The summed E-state index contributed by atoms with van der Waals surface area (Å²) >= 11 is 0. The monoisotopic (exact) mass is 274 g/mol. The molecule has 0 aromatic rings. The van der Waals surface area contributed by atoms with Crippen LogP contribution in [-0.4, -0.2) is 5.78 Å². The molecule has 4 heteroatoms. The molecule has 108 valence electrons. The van der Waals surface area contributed by atoms with Crippen molar-refractivity contribution in [3.8, 4) is 6.07 Å².